The number of urea groups is 1. The van der Waals surface area contributed by atoms with E-state index in [2.05, 4.69) is 15.4 Å². The predicted octanol–water partition coefficient (Wildman–Crippen LogP) is 3.26. The minimum atomic E-state index is -5.01. The summed E-state index contributed by atoms with van der Waals surface area (Å²) in [5.41, 5.74) is -0.00978. The highest BCUT2D eigenvalue weighted by molar-refractivity contribution is 5.89. The lowest BCUT2D eigenvalue weighted by atomic mass is 9.98. The van der Waals surface area contributed by atoms with E-state index in [-0.39, 0.29) is 23.6 Å². The number of alkyl halides is 3. The molecule has 1 aromatic rings. The molecule has 0 aliphatic carbocycles. The lowest BCUT2D eigenvalue weighted by Crippen LogP contribution is -2.49. The standard InChI is InChI=1S/C19H23F4N3O4/c20-15-10-14(3-4-16(15)30-19(21,22)23)25-18(28)24-13-5-7-26(8-6-13)17(27)12-2-1-9-29-11-12/h3-4,10,12-13H,1-2,5-9,11H2,(H2,24,25,28). The molecule has 2 N–H and O–H groups in total. The van der Waals surface area contributed by atoms with Crippen molar-refractivity contribution in [3.05, 3.63) is 24.0 Å². The van der Waals surface area contributed by atoms with Gasteiger partial charge in [0.15, 0.2) is 11.6 Å². The first-order chi connectivity index (χ1) is 14.2. The van der Waals surface area contributed by atoms with E-state index in [1.54, 1.807) is 4.90 Å². The second-order valence-corrected chi connectivity index (χ2v) is 7.31. The maximum absolute atomic E-state index is 13.7. The Morgan fingerprint density at radius 3 is 2.50 bits per heavy atom. The van der Waals surface area contributed by atoms with E-state index < -0.39 is 24.0 Å². The van der Waals surface area contributed by atoms with E-state index in [1.165, 1.54) is 0 Å². The second-order valence-electron chi connectivity index (χ2n) is 7.31. The molecule has 0 aromatic heterocycles. The van der Waals surface area contributed by atoms with Gasteiger partial charge in [0.1, 0.15) is 0 Å². The molecule has 3 amide bonds. The van der Waals surface area contributed by atoms with E-state index >= 15 is 0 Å². The summed E-state index contributed by atoms with van der Waals surface area (Å²) in [6, 6.07) is 1.86. The van der Waals surface area contributed by atoms with Crippen LogP contribution in [0.3, 0.4) is 0 Å². The number of benzene rings is 1. The Morgan fingerprint density at radius 1 is 1.17 bits per heavy atom. The van der Waals surface area contributed by atoms with Crippen LogP contribution in [0.2, 0.25) is 0 Å². The Kier molecular flexibility index (Phi) is 7.01. The Hall–Kier alpha value is -2.56. The van der Waals surface area contributed by atoms with Gasteiger partial charge in [-0.05, 0) is 37.8 Å². The molecule has 7 nitrogen and oxygen atoms in total. The van der Waals surface area contributed by atoms with Crippen molar-refractivity contribution in [1.29, 1.82) is 0 Å². The number of carbonyl (C=O) groups excluding carboxylic acids is 2. The van der Waals surface area contributed by atoms with Crippen LogP contribution < -0.4 is 15.4 Å². The number of halogens is 4. The van der Waals surface area contributed by atoms with Crippen LogP contribution in [0.15, 0.2) is 18.2 Å². The van der Waals surface area contributed by atoms with Crippen LogP contribution in [0.1, 0.15) is 25.7 Å². The third kappa shape index (κ3) is 6.22. The highest BCUT2D eigenvalue weighted by atomic mass is 19.4. The number of amides is 3. The van der Waals surface area contributed by atoms with E-state index in [0.29, 0.717) is 39.1 Å². The number of ether oxygens (including phenoxy) is 2. The fraction of sp³-hybridized carbons (Fsp3) is 0.579. The molecule has 1 unspecified atom stereocenters. The highest BCUT2D eigenvalue weighted by Crippen LogP contribution is 2.27. The third-order valence-electron chi connectivity index (χ3n) is 5.07. The molecule has 0 spiro atoms. The van der Waals surface area contributed by atoms with Crippen molar-refractivity contribution in [1.82, 2.24) is 10.2 Å². The summed E-state index contributed by atoms with van der Waals surface area (Å²) in [7, 11) is 0. The molecular weight excluding hydrogens is 410 g/mol. The molecule has 2 aliphatic heterocycles. The molecule has 2 heterocycles. The monoisotopic (exact) mass is 433 g/mol. The van der Waals surface area contributed by atoms with Crippen LogP contribution in [0, 0.1) is 11.7 Å². The number of hydrogen-bond donors (Lipinski definition) is 2. The minimum absolute atomic E-state index is 0.00978. The van der Waals surface area contributed by atoms with Gasteiger partial charge in [0, 0.05) is 37.5 Å². The van der Waals surface area contributed by atoms with Crippen LogP contribution >= 0.6 is 0 Å². The van der Waals surface area contributed by atoms with Crippen molar-refractivity contribution in [3.63, 3.8) is 0 Å². The van der Waals surface area contributed by atoms with Gasteiger partial charge in [-0.25, -0.2) is 9.18 Å². The number of carbonyl (C=O) groups is 2. The number of likely N-dealkylation sites (tertiary alicyclic amines) is 1. The molecular formula is C19H23F4N3O4. The number of nitrogens with one attached hydrogen (secondary N) is 2. The quantitative estimate of drug-likeness (QED) is 0.715. The van der Waals surface area contributed by atoms with Gasteiger partial charge in [0.2, 0.25) is 5.91 Å². The van der Waals surface area contributed by atoms with Crippen molar-refractivity contribution in [2.45, 2.75) is 38.1 Å². The fourth-order valence-corrected chi connectivity index (χ4v) is 3.58. The van der Waals surface area contributed by atoms with Gasteiger partial charge in [-0.2, -0.15) is 0 Å². The molecule has 0 saturated carbocycles. The molecule has 0 radical (unpaired) electrons. The van der Waals surface area contributed by atoms with Crippen molar-refractivity contribution in [3.8, 4) is 5.75 Å². The summed E-state index contributed by atoms with van der Waals surface area (Å²) in [6.45, 7) is 2.16. The van der Waals surface area contributed by atoms with Gasteiger partial charge >= 0.3 is 12.4 Å². The Balaban J connectivity index is 1.44. The second kappa shape index (κ2) is 9.50. The lowest BCUT2D eigenvalue weighted by molar-refractivity contribution is -0.275. The Labute approximate surface area is 170 Å². The van der Waals surface area contributed by atoms with Gasteiger partial charge in [-0.1, -0.05) is 0 Å². The predicted molar refractivity (Wildman–Crippen MR) is 98.4 cm³/mol. The maximum atomic E-state index is 13.7. The van der Waals surface area contributed by atoms with Gasteiger partial charge in [-0.15, -0.1) is 13.2 Å². The normalized spacial score (nSPS) is 20.5. The van der Waals surface area contributed by atoms with Gasteiger partial charge in [-0.3, -0.25) is 4.79 Å². The summed E-state index contributed by atoms with van der Waals surface area (Å²) in [5, 5.41) is 5.11. The van der Waals surface area contributed by atoms with Gasteiger partial charge in [0.05, 0.1) is 12.5 Å². The van der Waals surface area contributed by atoms with Gasteiger partial charge < -0.3 is 25.0 Å². The van der Waals surface area contributed by atoms with Crippen LogP contribution in [0.5, 0.6) is 5.75 Å². The Morgan fingerprint density at radius 2 is 1.90 bits per heavy atom. The molecule has 2 fully saturated rings. The van der Waals surface area contributed by atoms with E-state index in [1.807, 2.05) is 0 Å². The number of hydrogen-bond acceptors (Lipinski definition) is 4. The van der Waals surface area contributed by atoms with E-state index in [0.717, 1.165) is 31.0 Å². The molecule has 2 saturated heterocycles. The first kappa shape index (κ1) is 22.1. The number of anilines is 1. The van der Waals surface area contributed by atoms with Crippen LogP contribution in [0.4, 0.5) is 28.0 Å². The van der Waals surface area contributed by atoms with Crippen LogP contribution in [0.25, 0.3) is 0 Å². The molecule has 1 aromatic carbocycles. The largest absolute Gasteiger partial charge is 0.573 e. The number of nitrogens with zero attached hydrogens (tertiary/aromatic N) is 1. The first-order valence-electron chi connectivity index (χ1n) is 9.70. The summed E-state index contributed by atoms with van der Waals surface area (Å²) in [4.78, 5) is 26.4. The molecule has 166 valence electrons. The summed E-state index contributed by atoms with van der Waals surface area (Å²) in [5.74, 6) is -2.25. The average Bonchev–Trinajstić information content (AvgIpc) is 2.70. The van der Waals surface area contributed by atoms with Crippen molar-refractivity contribution < 1.29 is 36.6 Å². The Bertz CT molecular complexity index is 761. The molecule has 2 aliphatic rings. The average molecular weight is 433 g/mol. The topological polar surface area (TPSA) is 79.9 Å². The van der Waals surface area contributed by atoms with E-state index in [4.69, 9.17) is 4.74 Å². The fourth-order valence-electron chi connectivity index (χ4n) is 3.58. The molecule has 1 atom stereocenters. The van der Waals surface area contributed by atoms with Crippen LogP contribution in [-0.4, -0.2) is 55.5 Å². The van der Waals surface area contributed by atoms with Crippen LogP contribution in [-0.2, 0) is 9.53 Å². The summed E-state index contributed by atoms with van der Waals surface area (Å²) >= 11 is 0. The molecule has 0 bridgehead atoms. The SMILES string of the molecule is O=C(Nc1ccc(OC(F)(F)F)c(F)c1)NC1CCN(C(=O)C2CCCOC2)CC1. The maximum Gasteiger partial charge on any atom is 0.573 e. The first-order valence-corrected chi connectivity index (χ1v) is 9.70. The molecule has 30 heavy (non-hydrogen) atoms. The third-order valence-corrected chi connectivity index (χ3v) is 5.07. The highest BCUT2D eigenvalue weighted by Gasteiger charge is 2.32. The lowest BCUT2D eigenvalue weighted by Gasteiger charge is -2.35. The summed E-state index contributed by atoms with van der Waals surface area (Å²) in [6.07, 6.45) is -2.17. The smallest absolute Gasteiger partial charge is 0.403 e. The minimum Gasteiger partial charge on any atom is -0.403 e. The zero-order valence-corrected chi connectivity index (χ0v) is 16.1. The zero-order chi connectivity index (χ0) is 21.7. The molecule has 3 rings (SSSR count). The van der Waals surface area contributed by atoms with Crippen molar-refractivity contribution >= 4 is 17.6 Å². The van der Waals surface area contributed by atoms with Gasteiger partial charge in [0.25, 0.3) is 0 Å². The van der Waals surface area contributed by atoms with Crippen molar-refractivity contribution in [2.75, 3.05) is 31.6 Å². The molecule has 11 heteroatoms. The number of piperidine rings is 1. The van der Waals surface area contributed by atoms with Crippen molar-refractivity contribution in [2.24, 2.45) is 5.92 Å². The number of rotatable bonds is 4. The van der Waals surface area contributed by atoms with E-state index in [9.17, 15) is 27.2 Å². The zero-order valence-electron chi connectivity index (χ0n) is 16.1. The summed E-state index contributed by atoms with van der Waals surface area (Å²) < 4.78 is 59.2.